The van der Waals surface area contributed by atoms with E-state index in [-0.39, 0.29) is 23.5 Å². The average Bonchev–Trinajstić information content (AvgIpc) is 2.95. The van der Waals surface area contributed by atoms with Crippen molar-refractivity contribution in [2.75, 3.05) is 5.75 Å². The summed E-state index contributed by atoms with van der Waals surface area (Å²) in [6.07, 6.45) is 1.65. The molecule has 0 saturated carbocycles. The molecule has 1 aromatic carbocycles. The van der Waals surface area contributed by atoms with Crippen LogP contribution in [-0.2, 0) is 27.8 Å². The predicted octanol–water partition coefficient (Wildman–Crippen LogP) is 2.15. The van der Waals surface area contributed by atoms with Crippen LogP contribution >= 0.6 is 0 Å². The molecule has 124 valence electrons. The topological polar surface area (TPSA) is 85.1 Å². The van der Waals surface area contributed by atoms with E-state index in [2.05, 4.69) is 15.5 Å². The van der Waals surface area contributed by atoms with Gasteiger partial charge in [0.25, 0.3) is 0 Å². The fraction of sp³-hybridized carbons (Fsp3) is 0.438. The van der Waals surface area contributed by atoms with Crippen LogP contribution in [0, 0.1) is 0 Å². The predicted molar refractivity (Wildman–Crippen MR) is 88.0 cm³/mol. The normalized spacial score (nSPS) is 13.5. The maximum absolute atomic E-state index is 12.0. The third kappa shape index (κ3) is 5.59. The van der Waals surface area contributed by atoms with Gasteiger partial charge in [-0.25, -0.2) is 0 Å². The molecule has 0 bridgehead atoms. The van der Waals surface area contributed by atoms with Gasteiger partial charge in [0.05, 0.1) is 6.04 Å². The van der Waals surface area contributed by atoms with E-state index in [9.17, 15) is 9.00 Å². The molecule has 0 fully saturated rings. The lowest BCUT2D eigenvalue weighted by atomic mass is 10.1. The van der Waals surface area contributed by atoms with Crippen molar-refractivity contribution < 1.29 is 13.5 Å². The number of nitrogens with zero attached hydrogens (tertiary/aromatic N) is 2. The minimum absolute atomic E-state index is 0.0807. The fourth-order valence-corrected chi connectivity index (χ4v) is 2.99. The zero-order chi connectivity index (χ0) is 16.7. The average molecular weight is 335 g/mol. The molecular weight excluding hydrogens is 314 g/mol. The summed E-state index contributed by atoms with van der Waals surface area (Å²) in [7, 11) is -1.37. The van der Waals surface area contributed by atoms with Crippen LogP contribution in [0.1, 0.15) is 43.6 Å². The summed E-state index contributed by atoms with van der Waals surface area (Å²) in [5, 5.41) is 6.64. The Bertz CT molecular complexity index is 658. The maximum atomic E-state index is 12.0. The highest BCUT2D eigenvalue weighted by Gasteiger charge is 2.15. The molecule has 0 saturated heterocycles. The van der Waals surface area contributed by atoms with Gasteiger partial charge in [-0.15, -0.1) is 0 Å². The second-order valence-electron chi connectivity index (χ2n) is 5.28. The summed E-state index contributed by atoms with van der Waals surface area (Å²) in [5.41, 5.74) is 1.01. The number of benzene rings is 1. The number of carbonyl (C=O) groups is 1. The molecule has 2 aromatic rings. The summed E-state index contributed by atoms with van der Waals surface area (Å²) < 4.78 is 17.1. The highest BCUT2D eigenvalue weighted by Crippen LogP contribution is 2.11. The second-order valence-corrected chi connectivity index (χ2v) is 6.74. The molecule has 7 heteroatoms. The fourth-order valence-electron chi connectivity index (χ4n) is 2.12. The quantitative estimate of drug-likeness (QED) is 0.799. The molecule has 6 nitrogen and oxygen atoms in total. The van der Waals surface area contributed by atoms with E-state index in [1.165, 1.54) is 0 Å². The first kappa shape index (κ1) is 17.3. The van der Waals surface area contributed by atoms with Crippen LogP contribution in [0.3, 0.4) is 0 Å². The smallest absolute Gasteiger partial charge is 0.239 e. The van der Waals surface area contributed by atoms with Gasteiger partial charge in [-0.2, -0.15) is 4.98 Å². The van der Waals surface area contributed by atoms with Crippen molar-refractivity contribution in [3.63, 3.8) is 0 Å². The zero-order valence-electron chi connectivity index (χ0n) is 13.3. The largest absolute Gasteiger partial charge is 0.349 e. The summed E-state index contributed by atoms with van der Waals surface area (Å²) in [4.78, 5) is 16.1. The molecule has 0 aliphatic rings. The minimum Gasteiger partial charge on any atom is -0.349 e. The van der Waals surface area contributed by atoms with Gasteiger partial charge in [-0.05, 0) is 18.9 Å². The Morgan fingerprint density at radius 1 is 1.35 bits per heavy atom. The molecule has 0 aliphatic carbocycles. The first-order valence-corrected chi connectivity index (χ1v) is 9.08. The van der Waals surface area contributed by atoms with Crippen LogP contribution in [0.2, 0.25) is 0 Å². The van der Waals surface area contributed by atoms with Crippen LogP contribution in [0.15, 0.2) is 34.9 Å². The van der Waals surface area contributed by atoms with E-state index in [0.29, 0.717) is 11.7 Å². The molecular formula is C16H21N3O3S. The Hall–Kier alpha value is -2.02. The summed E-state index contributed by atoms with van der Waals surface area (Å²) in [5.74, 6) is 0.692. The third-order valence-corrected chi connectivity index (χ3v) is 4.39. The number of aromatic nitrogens is 2. The number of hydrogen-bond acceptors (Lipinski definition) is 5. The molecule has 1 amide bonds. The molecule has 1 N–H and O–H groups in total. The van der Waals surface area contributed by atoms with Crippen LogP contribution < -0.4 is 5.32 Å². The van der Waals surface area contributed by atoms with Crippen molar-refractivity contribution in [1.29, 1.82) is 0 Å². The maximum Gasteiger partial charge on any atom is 0.239 e. The first-order chi connectivity index (χ1) is 11.1. The highest BCUT2D eigenvalue weighted by atomic mass is 32.2. The highest BCUT2D eigenvalue weighted by molar-refractivity contribution is 7.84. The third-order valence-electron chi connectivity index (χ3n) is 3.24. The van der Waals surface area contributed by atoms with Crippen molar-refractivity contribution in [2.24, 2.45) is 0 Å². The van der Waals surface area contributed by atoms with Gasteiger partial charge in [-0.3, -0.25) is 9.00 Å². The van der Waals surface area contributed by atoms with Crippen LogP contribution in [-0.4, -0.2) is 26.0 Å². The van der Waals surface area contributed by atoms with Gasteiger partial charge in [0.2, 0.25) is 11.8 Å². The van der Waals surface area contributed by atoms with Gasteiger partial charge in [0.15, 0.2) is 5.82 Å². The van der Waals surface area contributed by atoms with Crippen molar-refractivity contribution in [1.82, 2.24) is 15.5 Å². The lowest BCUT2D eigenvalue weighted by Gasteiger charge is -2.13. The van der Waals surface area contributed by atoms with Crippen molar-refractivity contribution in [3.05, 3.63) is 47.6 Å². The Morgan fingerprint density at radius 2 is 2.09 bits per heavy atom. The summed E-state index contributed by atoms with van der Waals surface area (Å²) in [6, 6.07) is 9.51. The second kappa shape index (κ2) is 8.57. The van der Waals surface area contributed by atoms with Gasteiger partial charge >= 0.3 is 0 Å². The van der Waals surface area contributed by atoms with E-state index in [1.54, 1.807) is 0 Å². The molecule has 0 aliphatic heterocycles. The number of hydrogen-bond donors (Lipinski definition) is 1. The molecule has 23 heavy (non-hydrogen) atoms. The van der Waals surface area contributed by atoms with E-state index in [0.717, 1.165) is 18.4 Å². The Balaban J connectivity index is 1.81. The van der Waals surface area contributed by atoms with Gasteiger partial charge in [-0.1, -0.05) is 42.4 Å². The monoisotopic (exact) mass is 335 g/mol. The number of amides is 1. The van der Waals surface area contributed by atoms with Gasteiger partial charge < -0.3 is 9.84 Å². The van der Waals surface area contributed by atoms with Gasteiger partial charge in [0, 0.05) is 17.2 Å². The summed E-state index contributed by atoms with van der Waals surface area (Å²) in [6.45, 7) is 3.91. The van der Waals surface area contributed by atoms with E-state index in [1.807, 2.05) is 44.2 Å². The zero-order valence-corrected chi connectivity index (χ0v) is 14.1. The minimum atomic E-state index is -1.37. The van der Waals surface area contributed by atoms with E-state index < -0.39 is 10.8 Å². The molecule has 1 aromatic heterocycles. The van der Waals surface area contributed by atoms with E-state index >= 15 is 0 Å². The molecule has 2 atom stereocenters. The summed E-state index contributed by atoms with van der Waals surface area (Å²) >= 11 is 0. The van der Waals surface area contributed by atoms with Gasteiger partial charge in [0.1, 0.15) is 11.5 Å². The van der Waals surface area contributed by atoms with Crippen LogP contribution in [0.25, 0.3) is 0 Å². The van der Waals surface area contributed by atoms with Crippen molar-refractivity contribution in [3.8, 4) is 0 Å². The van der Waals surface area contributed by atoms with Crippen molar-refractivity contribution in [2.45, 2.75) is 38.5 Å². The Kier molecular flexibility index (Phi) is 6.46. The number of carbonyl (C=O) groups excluding carboxylic acids is 1. The molecule has 2 rings (SSSR count). The number of rotatable bonds is 8. The van der Waals surface area contributed by atoms with E-state index in [4.69, 9.17) is 4.52 Å². The lowest BCUT2D eigenvalue weighted by Crippen LogP contribution is -2.31. The Labute approximate surface area is 138 Å². The molecule has 1 heterocycles. The number of nitrogens with one attached hydrogen (secondary N) is 1. The van der Waals surface area contributed by atoms with Crippen LogP contribution in [0.4, 0.5) is 0 Å². The van der Waals surface area contributed by atoms with Crippen molar-refractivity contribution >= 4 is 16.7 Å². The number of aryl methyl sites for hydroxylation is 1. The van der Waals surface area contributed by atoms with Crippen LogP contribution in [0.5, 0.6) is 0 Å². The standard InChI is InChI=1S/C16H21N3O3S/c1-3-7-14-18-16(22-19-14)11-23(21)10-15(20)17-12(2)13-8-5-4-6-9-13/h4-6,8-9,12H,3,7,10-11H2,1-2H3,(H,17,20)/t12-,23-/m0/s1. The molecule has 0 unspecified atom stereocenters. The SMILES string of the molecule is CCCc1noc(C[S@@](=O)CC(=O)N[C@@H](C)c2ccccc2)n1. The molecule has 0 radical (unpaired) electrons. The first-order valence-electron chi connectivity index (χ1n) is 7.59. The Morgan fingerprint density at radius 3 is 2.78 bits per heavy atom. The molecule has 0 spiro atoms. The lowest BCUT2D eigenvalue weighted by molar-refractivity contribution is -0.119.